The number of hydrogen-bond donors (Lipinski definition) is 2. The summed E-state index contributed by atoms with van der Waals surface area (Å²) in [5.74, 6) is -0.0672. The molecule has 1 aromatic heterocycles. The van der Waals surface area contributed by atoms with Gasteiger partial charge in [0.25, 0.3) is 11.8 Å². The van der Waals surface area contributed by atoms with Gasteiger partial charge in [0.05, 0.1) is 11.3 Å². The number of furan rings is 1. The summed E-state index contributed by atoms with van der Waals surface area (Å²) in [6, 6.07) is 9.90. The predicted molar refractivity (Wildman–Crippen MR) is 71.0 cm³/mol. The topological polar surface area (TPSA) is 85.3 Å². The van der Waals surface area contributed by atoms with Crippen LogP contribution in [0.2, 0.25) is 0 Å². The largest absolute Gasteiger partial charge is 0.456 e. The average molecular weight is 258 g/mol. The van der Waals surface area contributed by atoms with Crippen LogP contribution in [0.25, 0.3) is 0 Å². The Labute approximate surface area is 110 Å². The van der Waals surface area contributed by atoms with Crippen LogP contribution in [0.15, 0.2) is 40.8 Å². The molecule has 0 saturated carbocycles. The highest BCUT2D eigenvalue weighted by Gasteiger charge is 2.14. The van der Waals surface area contributed by atoms with Gasteiger partial charge in [-0.15, -0.1) is 0 Å². The van der Waals surface area contributed by atoms with Crippen molar-refractivity contribution in [2.24, 2.45) is 5.73 Å². The first-order valence-electron chi connectivity index (χ1n) is 5.90. The molecule has 2 rings (SSSR count). The van der Waals surface area contributed by atoms with E-state index in [-0.39, 0.29) is 11.3 Å². The first-order chi connectivity index (χ1) is 9.11. The fourth-order valence-electron chi connectivity index (χ4n) is 1.68. The van der Waals surface area contributed by atoms with E-state index in [9.17, 15) is 9.59 Å². The van der Waals surface area contributed by atoms with Gasteiger partial charge in [-0.2, -0.15) is 0 Å². The van der Waals surface area contributed by atoms with E-state index in [4.69, 9.17) is 10.2 Å². The Morgan fingerprint density at radius 2 is 1.95 bits per heavy atom. The van der Waals surface area contributed by atoms with Gasteiger partial charge in [-0.3, -0.25) is 9.59 Å². The molecule has 19 heavy (non-hydrogen) atoms. The lowest BCUT2D eigenvalue weighted by molar-refractivity contribution is 0.0995. The lowest BCUT2D eigenvalue weighted by atomic mass is 10.1. The number of rotatable bonds is 4. The van der Waals surface area contributed by atoms with E-state index in [1.54, 1.807) is 36.4 Å². The average Bonchev–Trinajstić information content (AvgIpc) is 2.88. The molecule has 0 aliphatic rings. The molecule has 0 saturated heterocycles. The van der Waals surface area contributed by atoms with Crippen LogP contribution in [-0.2, 0) is 6.42 Å². The number of benzene rings is 1. The number of primary amides is 1. The third-order valence-corrected chi connectivity index (χ3v) is 2.67. The van der Waals surface area contributed by atoms with Gasteiger partial charge in [0.2, 0.25) is 0 Å². The van der Waals surface area contributed by atoms with Crippen molar-refractivity contribution in [1.29, 1.82) is 0 Å². The number of carbonyl (C=O) groups is 2. The summed E-state index contributed by atoms with van der Waals surface area (Å²) in [5, 5.41) is 2.61. The molecule has 0 spiro atoms. The number of carbonyl (C=O) groups excluding carboxylic acids is 2. The Morgan fingerprint density at radius 1 is 1.21 bits per heavy atom. The molecule has 0 aliphatic heterocycles. The number of aryl methyl sites for hydroxylation is 1. The van der Waals surface area contributed by atoms with Gasteiger partial charge in [0.15, 0.2) is 5.76 Å². The lowest BCUT2D eigenvalue weighted by Crippen LogP contribution is -2.17. The molecule has 0 bridgehead atoms. The molecule has 2 aromatic rings. The van der Waals surface area contributed by atoms with Crippen LogP contribution < -0.4 is 11.1 Å². The third kappa shape index (κ3) is 2.82. The number of nitrogens with one attached hydrogen (secondary N) is 1. The van der Waals surface area contributed by atoms with Crippen LogP contribution in [0, 0.1) is 0 Å². The SMILES string of the molecule is CCc1ccc(C(=O)Nc2ccccc2C(N)=O)o1. The molecular weight excluding hydrogens is 244 g/mol. The second-order valence-electron chi connectivity index (χ2n) is 3.98. The molecule has 2 amide bonds. The quantitative estimate of drug-likeness (QED) is 0.881. The van der Waals surface area contributed by atoms with Crippen molar-refractivity contribution in [2.45, 2.75) is 13.3 Å². The molecule has 1 heterocycles. The van der Waals surface area contributed by atoms with Crippen LogP contribution in [0.3, 0.4) is 0 Å². The van der Waals surface area contributed by atoms with E-state index in [1.807, 2.05) is 6.92 Å². The van der Waals surface area contributed by atoms with Gasteiger partial charge >= 0.3 is 0 Å². The van der Waals surface area contributed by atoms with Gasteiger partial charge in [-0.05, 0) is 24.3 Å². The van der Waals surface area contributed by atoms with E-state index in [2.05, 4.69) is 5.32 Å². The molecule has 1 aromatic carbocycles. The Hall–Kier alpha value is -2.56. The molecular formula is C14H14N2O3. The van der Waals surface area contributed by atoms with Crippen LogP contribution in [0.5, 0.6) is 0 Å². The Morgan fingerprint density at radius 3 is 2.58 bits per heavy atom. The van der Waals surface area contributed by atoms with E-state index in [0.717, 1.165) is 5.76 Å². The summed E-state index contributed by atoms with van der Waals surface area (Å²) in [4.78, 5) is 23.2. The van der Waals surface area contributed by atoms with Crippen molar-refractivity contribution in [1.82, 2.24) is 0 Å². The monoisotopic (exact) mass is 258 g/mol. The maximum absolute atomic E-state index is 12.0. The van der Waals surface area contributed by atoms with Crippen molar-refractivity contribution >= 4 is 17.5 Å². The molecule has 98 valence electrons. The number of nitrogens with two attached hydrogens (primary N) is 1. The first-order valence-corrected chi connectivity index (χ1v) is 5.90. The highest BCUT2D eigenvalue weighted by Crippen LogP contribution is 2.16. The Kier molecular flexibility index (Phi) is 3.66. The number of anilines is 1. The standard InChI is InChI=1S/C14H14N2O3/c1-2-9-7-8-12(19-9)14(18)16-11-6-4-3-5-10(11)13(15)17/h3-8H,2H2,1H3,(H2,15,17)(H,16,18). The smallest absolute Gasteiger partial charge is 0.291 e. The Bertz CT molecular complexity index is 617. The van der Waals surface area contributed by atoms with E-state index in [1.165, 1.54) is 0 Å². The van der Waals surface area contributed by atoms with Crippen LogP contribution in [-0.4, -0.2) is 11.8 Å². The minimum atomic E-state index is -0.593. The predicted octanol–water partition coefficient (Wildman–Crippen LogP) is 2.19. The highest BCUT2D eigenvalue weighted by atomic mass is 16.3. The molecule has 5 heteroatoms. The molecule has 0 radical (unpaired) electrons. The van der Waals surface area contributed by atoms with Crippen molar-refractivity contribution in [3.8, 4) is 0 Å². The summed E-state index contributed by atoms with van der Waals surface area (Å²) in [6.45, 7) is 1.93. The molecule has 0 aliphatic carbocycles. The Balaban J connectivity index is 2.21. The maximum atomic E-state index is 12.0. The molecule has 0 fully saturated rings. The fourth-order valence-corrected chi connectivity index (χ4v) is 1.68. The summed E-state index contributed by atoms with van der Waals surface area (Å²) < 4.78 is 5.34. The number of para-hydroxylation sites is 1. The first kappa shape index (κ1) is 12.9. The summed E-state index contributed by atoms with van der Waals surface area (Å²) in [6.07, 6.45) is 0.713. The van der Waals surface area contributed by atoms with Crippen LogP contribution >= 0.6 is 0 Å². The van der Waals surface area contributed by atoms with Gasteiger partial charge in [-0.1, -0.05) is 19.1 Å². The van der Waals surface area contributed by atoms with Crippen LogP contribution in [0.1, 0.15) is 33.6 Å². The van der Waals surface area contributed by atoms with E-state index < -0.39 is 11.8 Å². The molecule has 0 unspecified atom stereocenters. The highest BCUT2D eigenvalue weighted by molar-refractivity contribution is 6.07. The normalized spacial score (nSPS) is 10.2. The summed E-state index contributed by atoms with van der Waals surface area (Å²) in [7, 11) is 0. The van der Waals surface area contributed by atoms with Gasteiger partial charge in [0.1, 0.15) is 5.76 Å². The summed E-state index contributed by atoms with van der Waals surface area (Å²) in [5.41, 5.74) is 5.87. The molecule has 5 nitrogen and oxygen atoms in total. The number of amides is 2. The van der Waals surface area contributed by atoms with Crippen molar-refractivity contribution in [3.63, 3.8) is 0 Å². The van der Waals surface area contributed by atoms with Crippen molar-refractivity contribution < 1.29 is 14.0 Å². The zero-order valence-corrected chi connectivity index (χ0v) is 10.5. The zero-order valence-electron chi connectivity index (χ0n) is 10.5. The number of hydrogen-bond acceptors (Lipinski definition) is 3. The molecule has 3 N–H and O–H groups in total. The zero-order chi connectivity index (χ0) is 13.8. The molecule has 0 atom stereocenters. The minimum absolute atomic E-state index is 0.205. The van der Waals surface area contributed by atoms with Crippen molar-refractivity contribution in [2.75, 3.05) is 5.32 Å². The van der Waals surface area contributed by atoms with E-state index >= 15 is 0 Å². The lowest BCUT2D eigenvalue weighted by Gasteiger charge is -2.07. The second kappa shape index (κ2) is 5.39. The summed E-state index contributed by atoms with van der Waals surface area (Å²) >= 11 is 0. The second-order valence-corrected chi connectivity index (χ2v) is 3.98. The van der Waals surface area contributed by atoms with Crippen LogP contribution in [0.4, 0.5) is 5.69 Å². The van der Waals surface area contributed by atoms with Gasteiger partial charge in [-0.25, -0.2) is 0 Å². The van der Waals surface area contributed by atoms with Gasteiger partial charge < -0.3 is 15.5 Å². The maximum Gasteiger partial charge on any atom is 0.291 e. The minimum Gasteiger partial charge on any atom is -0.456 e. The fraction of sp³-hybridized carbons (Fsp3) is 0.143. The van der Waals surface area contributed by atoms with E-state index in [0.29, 0.717) is 12.1 Å². The third-order valence-electron chi connectivity index (χ3n) is 2.67. The van der Waals surface area contributed by atoms with Gasteiger partial charge in [0, 0.05) is 6.42 Å². The van der Waals surface area contributed by atoms with Crippen molar-refractivity contribution in [3.05, 3.63) is 53.5 Å².